The van der Waals surface area contributed by atoms with E-state index in [1.165, 1.54) is 0 Å². The molecule has 2 aromatic heterocycles. The van der Waals surface area contributed by atoms with Crippen LogP contribution in [0.25, 0.3) is 11.0 Å². The summed E-state index contributed by atoms with van der Waals surface area (Å²) in [7, 11) is 0. The third kappa shape index (κ3) is 4.84. The molecule has 7 heteroatoms. The van der Waals surface area contributed by atoms with E-state index in [1.54, 1.807) is 24.4 Å². The average Bonchev–Trinajstić information content (AvgIpc) is 3.15. The third-order valence-corrected chi connectivity index (χ3v) is 4.91. The maximum Gasteiger partial charge on any atom is 0.252 e. The SMILES string of the molecule is CCCCNC(=O)c1ccc(CNC(=O)c2cc(C)nc3c2cnn3C(C)C)cc1. The van der Waals surface area contributed by atoms with Crippen LogP contribution in [0.15, 0.2) is 36.5 Å². The zero-order chi connectivity index (χ0) is 21.7. The lowest BCUT2D eigenvalue weighted by Gasteiger charge is -2.10. The number of amides is 2. The Bertz CT molecular complexity index is 1040. The van der Waals surface area contributed by atoms with Gasteiger partial charge in [-0.3, -0.25) is 9.59 Å². The molecule has 0 aliphatic rings. The maximum absolute atomic E-state index is 12.8. The topological polar surface area (TPSA) is 88.9 Å². The normalized spacial score (nSPS) is 11.1. The summed E-state index contributed by atoms with van der Waals surface area (Å²) < 4.78 is 1.82. The molecule has 3 aromatic rings. The number of fused-ring (bicyclic) bond motifs is 1. The van der Waals surface area contributed by atoms with Gasteiger partial charge in [-0.05, 0) is 51.0 Å². The lowest BCUT2D eigenvalue weighted by atomic mass is 10.1. The number of nitrogens with zero attached hydrogens (tertiary/aromatic N) is 3. The molecule has 7 nitrogen and oxygen atoms in total. The minimum Gasteiger partial charge on any atom is -0.352 e. The Labute approximate surface area is 176 Å². The summed E-state index contributed by atoms with van der Waals surface area (Å²) in [6, 6.07) is 9.23. The number of aryl methyl sites for hydroxylation is 1. The van der Waals surface area contributed by atoms with E-state index in [4.69, 9.17) is 0 Å². The highest BCUT2D eigenvalue weighted by Crippen LogP contribution is 2.21. The molecule has 0 fully saturated rings. The van der Waals surface area contributed by atoms with Gasteiger partial charge in [-0.15, -0.1) is 0 Å². The van der Waals surface area contributed by atoms with Crippen LogP contribution in [0.1, 0.15) is 71.6 Å². The molecule has 158 valence electrons. The fourth-order valence-corrected chi connectivity index (χ4v) is 3.24. The highest BCUT2D eigenvalue weighted by Gasteiger charge is 2.16. The molecule has 1 aromatic carbocycles. The number of carbonyl (C=O) groups excluding carboxylic acids is 2. The molecule has 2 N–H and O–H groups in total. The summed E-state index contributed by atoms with van der Waals surface area (Å²) in [4.78, 5) is 29.5. The molecular formula is C23H29N5O2. The van der Waals surface area contributed by atoms with Crippen molar-refractivity contribution in [3.63, 3.8) is 0 Å². The van der Waals surface area contributed by atoms with Crippen LogP contribution in [0.2, 0.25) is 0 Å². The molecule has 0 unspecified atom stereocenters. The van der Waals surface area contributed by atoms with Crippen LogP contribution in [0.4, 0.5) is 0 Å². The first kappa shape index (κ1) is 21.5. The summed E-state index contributed by atoms with van der Waals surface area (Å²) in [6.07, 6.45) is 3.71. The molecule has 0 bridgehead atoms. The Kier molecular flexibility index (Phi) is 6.82. The Hall–Kier alpha value is -3.22. The molecule has 0 saturated carbocycles. The molecule has 0 aliphatic heterocycles. The van der Waals surface area contributed by atoms with Gasteiger partial charge < -0.3 is 10.6 Å². The maximum atomic E-state index is 12.8. The van der Waals surface area contributed by atoms with Crippen molar-refractivity contribution >= 4 is 22.8 Å². The molecule has 30 heavy (non-hydrogen) atoms. The molecule has 2 amide bonds. The van der Waals surface area contributed by atoms with Gasteiger partial charge in [0, 0.05) is 30.4 Å². The smallest absolute Gasteiger partial charge is 0.252 e. The van der Waals surface area contributed by atoms with E-state index in [-0.39, 0.29) is 17.9 Å². The number of rotatable bonds is 8. The molecule has 2 heterocycles. The average molecular weight is 408 g/mol. The first-order valence-corrected chi connectivity index (χ1v) is 10.4. The van der Waals surface area contributed by atoms with Crippen molar-refractivity contribution in [1.29, 1.82) is 0 Å². The fraction of sp³-hybridized carbons (Fsp3) is 0.391. The summed E-state index contributed by atoms with van der Waals surface area (Å²) in [5.41, 5.74) is 3.60. The van der Waals surface area contributed by atoms with Gasteiger partial charge in [0.2, 0.25) is 0 Å². The van der Waals surface area contributed by atoms with E-state index in [2.05, 4.69) is 27.6 Å². The van der Waals surface area contributed by atoms with Crippen molar-refractivity contribution in [3.05, 3.63) is 58.9 Å². The van der Waals surface area contributed by atoms with Gasteiger partial charge in [0.1, 0.15) is 0 Å². The predicted molar refractivity (Wildman–Crippen MR) is 118 cm³/mol. The fourth-order valence-electron chi connectivity index (χ4n) is 3.24. The van der Waals surface area contributed by atoms with Gasteiger partial charge >= 0.3 is 0 Å². The molecule has 0 atom stereocenters. The van der Waals surface area contributed by atoms with Crippen LogP contribution in [-0.2, 0) is 6.54 Å². The Morgan fingerprint density at radius 3 is 2.50 bits per heavy atom. The zero-order valence-corrected chi connectivity index (χ0v) is 18.0. The van der Waals surface area contributed by atoms with E-state index in [0.29, 0.717) is 29.9 Å². The van der Waals surface area contributed by atoms with Crippen molar-refractivity contribution in [1.82, 2.24) is 25.4 Å². The first-order chi connectivity index (χ1) is 14.4. The molecule has 0 saturated heterocycles. The predicted octanol–water partition coefficient (Wildman–Crippen LogP) is 3.78. The Morgan fingerprint density at radius 1 is 1.10 bits per heavy atom. The van der Waals surface area contributed by atoms with Gasteiger partial charge in [0.25, 0.3) is 11.8 Å². The number of hydrogen-bond donors (Lipinski definition) is 2. The Balaban J connectivity index is 1.68. The van der Waals surface area contributed by atoms with Crippen molar-refractivity contribution < 1.29 is 9.59 Å². The van der Waals surface area contributed by atoms with Crippen molar-refractivity contribution in [2.75, 3.05) is 6.54 Å². The lowest BCUT2D eigenvalue weighted by Crippen LogP contribution is -2.25. The Morgan fingerprint density at radius 2 is 1.83 bits per heavy atom. The monoisotopic (exact) mass is 407 g/mol. The van der Waals surface area contributed by atoms with Gasteiger partial charge in [-0.2, -0.15) is 5.10 Å². The largest absolute Gasteiger partial charge is 0.352 e. The third-order valence-electron chi connectivity index (χ3n) is 4.91. The second-order valence-corrected chi connectivity index (χ2v) is 7.72. The number of pyridine rings is 1. The van der Waals surface area contributed by atoms with Gasteiger partial charge in [-0.25, -0.2) is 9.67 Å². The van der Waals surface area contributed by atoms with E-state index >= 15 is 0 Å². The first-order valence-electron chi connectivity index (χ1n) is 10.4. The van der Waals surface area contributed by atoms with E-state index in [9.17, 15) is 9.59 Å². The van der Waals surface area contributed by atoms with E-state index < -0.39 is 0 Å². The number of nitrogens with one attached hydrogen (secondary N) is 2. The summed E-state index contributed by atoms with van der Waals surface area (Å²) in [5, 5.41) is 11.0. The highest BCUT2D eigenvalue weighted by atomic mass is 16.2. The van der Waals surface area contributed by atoms with Gasteiger partial charge in [0.05, 0.1) is 17.1 Å². The molecule has 0 spiro atoms. The standard InChI is InChI=1S/C23H29N5O2/c1-5-6-11-24-22(29)18-9-7-17(8-10-18)13-25-23(30)19-12-16(4)27-21-20(19)14-26-28(21)15(2)3/h7-10,12,14-15H,5-6,11,13H2,1-4H3,(H,24,29)(H,25,30). The summed E-state index contributed by atoms with van der Waals surface area (Å²) in [5.74, 6) is -0.244. The van der Waals surface area contributed by atoms with E-state index in [0.717, 1.165) is 29.5 Å². The molecule has 0 aliphatic carbocycles. The number of carbonyl (C=O) groups is 2. The van der Waals surface area contributed by atoms with Crippen LogP contribution in [0.5, 0.6) is 0 Å². The van der Waals surface area contributed by atoms with Gasteiger partial charge in [0.15, 0.2) is 5.65 Å². The van der Waals surface area contributed by atoms with Gasteiger partial charge in [-0.1, -0.05) is 25.5 Å². The zero-order valence-electron chi connectivity index (χ0n) is 18.0. The quantitative estimate of drug-likeness (QED) is 0.556. The lowest BCUT2D eigenvalue weighted by molar-refractivity contribution is 0.0943. The van der Waals surface area contributed by atoms with Crippen molar-refractivity contribution in [3.8, 4) is 0 Å². The minimum atomic E-state index is -0.171. The second kappa shape index (κ2) is 9.52. The molecule has 3 rings (SSSR count). The van der Waals surface area contributed by atoms with E-state index in [1.807, 2.05) is 37.6 Å². The van der Waals surface area contributed by atoms with Crippen molar-refractivity contribution in [2.45, 2.75) is 53.1 Å². The van der Waals surface area contributed by atoms with Crippen LogP contribution >= 0.6 is 0 Å². The van der Waals surface area contributed by atoms with Crippen LogP contribution < -0.4 is 10.6 Å². The minimum absolute atomic E-state index is 0.0733. The number of unbranched alkanes of at least 4 members (excludes halogenated alkanes) is 1. The molecular weight excluding hydrogens is 378 g/mol. The highest BCUT2D eigenvalue weighted by molar-refractivity contribution is 6.05. The van der Waals surface area contributed by atoms with Crippen LogP contribution in [-0.4, -0.2) is 33.1 Å². The van der Waals surface area contributed by atoms with Crippen LogP contribution in [0, 0.1) is 6.92 Å². The number of benzene rings is 1. The van der Waals surface area contributed by atoms with Crippen LogP contribution in [0.3, 0.4) is 0 Å². The number of aromatic nitrogens is 3. The van der Waals surface area contributed by atoms with Crippen molar-refractivity contribution in [2.24, 2.45) is 0 Å². The second-order valence-electron chi connectivity index (χ2n) is 7.72. The summed E-state index contributed by atoms with van der Waals surface area (Å²) >= 11 is 0. The number of hydrogen-bond acceptors (Lipinski definition) is 4. The summed E-state index contributed by atoms with van der Waals surface area (Å²) in [6.45, 7) is 9.08. The molecule has 0 radical (unpaired) electrons.